The van der Waals surface area contributed by atoms with E-state index < -0.39 is 23.8 Å². The average Bonchev–Trinajstić information content (AvgIpc) is 2.29. The SMILES string of the molecule is NC(=O)/C=C(/CCCC/C(=C/C(N)=O)C(=O)O)C(=O)O. The Morgan fingerprint density at radius 2 is 1.05 bits per heavy atom. The van der Waals surface area contributed by atoms with Crippen molar-refractivity contribution in [3.8, 4) is 0 Å². The van der Waals surface area contributed by atoms with Crippen molar-refractivity contribution in [3.05, 3.63) is 23.3 Å². The number of unbranched alkanes of at least 4 members (excludes halogenated alkanes) is 1. The lowest BCUT2D eigenvalue weighted by molar-refractivity contribution is -0.134. The van der Waals surface area contributed by atoms with Gasteiger partial charge in [-0.1, -0.05) is 0 Å². The number of rotatable bonds is 9. The van der Waals surface area contributed by atoms with E-state index in [0.717, 1.165) is 12.2 Å². The van der Waals surface area contributed by atoms with E-state index in [-0.39, 0.29) is 24.0 Å². The van der Waals surface area contributed by atoms with Crippen molar-refractivity contribution < 1.29 is 29.4 Å². The Labute approximate surface area is 114 Å². The normalized spacial score (nSPS) is 12.0. The first-order chi connectivity index (χ1) is 9.23. The fraction of sp³-hybridized carbons (Fsp3) is 0.333. The maximum absolute atomic E-state index is 10.8. The second-order valence-electron chi connectivity index (χ2n) is 3.96. The van der Waals surface area contributed by atoms with Crippen LogP contribution >= 0.6 is 0 Å². The van der Waals surface area contributed by atoms with Gasteiger partial charge < -0.3 is 21.7 Å². The Balaban J connectivity index is 4.43. The molecule has 110 valence electrons. The zero-order valence-electron chi connectivity index (χ0n) is 10.7. The van der Waals surface area contributed by atoms with Crippen LogP contribution in [0.2, 0.25) is 0 Å². The van der Waals surface area contributed by atoms with Crippen molar-refractivity contribution in [1.82, 2.24) is 0 Å². The largest absolute Gasteiger partial charge is 0.478 e. The monoisotopic (exact) mass is 284 g/mol. The zero-order chi connectivity index (χ0) is 15.7. The highest BCUT2D eigenvalue weighted by molar-refractivity contribution is 5.97. The van der Waals surface area contributed by atoms with Crippen LogP contribution in [0.1, 0.15) is 25.7 Å². The molecule has 0 aliphatic rings. The highest BCUT2D eigenvalue weighted by Crippen LogP contribution is 2.13. The molecule has 2 amide bonds. The third-order valence-electron chi connectivity index (χ3n) is 2.32. The molecule has 0 aromatic heterocycles. The summed E-state index contributed by atoms with van der Waals surface area (Å²) in [6.07, 6.45) is 2.44. The van der Waals surface area contributed by atoms with Crippen LogP contribution in [-0.2, 0) is 19.2 Å². The van der Waals surface area contributed by atoms with Crippen LogP contribution in [0, 0.1) is 0 Å². The van der Waals surface area contributed by atoms with Gasteiger partial charge in [0.05, 0.1) is 0 Å². The predicted octanol–water partition coefficient (Wildman–Crippen LogP) is -0.461. The molecule has 0 atom stereocenters. The molecular weight excluding hydrogens is 268 g/mol. The lowest BCUT2D eigenvalue weighted by Crippen LogP contribution is -2.12. The van der Waals surface area contributed by atoms with E-state index in [4.69, 9.17) is 21.7 Å². The van der Waals surface area contributed by atoms with Crippen LogP contribution in [0.4, 0.5) is 0 Å². The number of aliphatic carboxylic acids is 2. The molecule has 0 rings (SSSR count). The lowest BCUT2D eigenvalue weighted by atomic mass is 10.0. The molecule has 0 unspecified atom stereocenters. The van der Waals surface area contributed by atoms with E-state index in [2.05, 4.69) is 0 Å². The van der Waals surface area contributed by atoms with Crippen molar-refractivity contribution in [2.75, 3.05) is 0 Å². The van der Waals surface area contributed by atoms with Gasteiger partial charge in [-0.25, -0.2) is 9.59 Å². The summed E-state index contributed by atoms with van der Waals surface area (Å²) in [5.41, 5.74) is 9.43. The van der Waals surface area contributed by atoms with Gasteiger partial charge in [0.1, 0.15) is 0 Å². The van der Waals surface area contributed by atoms with Crippen LogP contribution < -0.4 is 11.5 Å². The molecule has 0 heterocycles. The first-order valence-electron chi connectivity index (χ1n) is 5.70. The van der Waals surface area contributed by atoms with Crippen LogP contribution in [0.3, 0.4) is 0 Å². The van der Waals surface area contributed by atoms with Gasteiger partial charge in [0.15, 0.2) is 0 Å². The standard InChI is InChI=1S/C12H16N2O6/c13-9(15)5-7(11(17)18)3-1-2-4-8(12(19)20)6-10(14)16/h5-6H,1-4H2,(H2,13,15)(H2,14,16)(H,17,18)(H,19,20)/b7-5-,8-6-. The molecule has 0 aromatic rings. The molecule has 0 aliphatic heterocycles. The zero-order valence-corrected chi connectivity index (χ0v) is 10.7. The number of primary amides is 2. The van der Waals surface area contributed by atoms with Crippen molar-refractivity contribution >= 4 is 23.8 Å². The molecular formula is C12H16N2O6. The van der Waals surface area contributed by atoms with Gasteiger partial charge in [0, 0.05) is 23.3 Å². The van der Waals surface area contributed by atoms with Crippen molar-refractivity contribution in [2.24, 2.45) is 11.5 Å². The van der Waals surface area contributed by atoms with Gasteiger partial charge >= 0.3 is 11.9 Å². The first-order valence-corrected chi connectivity index (χ1v) is 5.70. The number of hydrogen-bond acceptors (Lipinski definition) is 4. The summed E-state index contributed by atoms with van der Waals surface area (Å²) in [4.78, 5) is 42.8. The summed E-state index contributed by atoms with van der Waals surface area (Å²) in [5, 5.41) is 17.6. The molecule has 0 bridgehead atoms. The quantitative estimate of drug-likeness (QED) is 0.331. The number of nitrogens with two attached hydrogens (primary N) is 2. The Hall–Kier alpha value is -2.64. The smallest absolute Gasteiger partial charge is 0.331 e. The summed E-state index contributed by atoms with van der Waals surface area (Å²) in [6.45, 7) is 0. The lowest BCUT2D eigenvalue weighted by Gasteiger charge is -2.03. The molecule has 0 aliphatic carbocycles. The van der Waals surface area contributed by atoms with Gasteiger partial charge in [-0.3, -0.25) is 9.59 Å². The maximum atomic E-state index is 10.8. The van der Waals surface area contributed by atoms with E-state index in [0.29, 0.717) is 12.8 Å². The molecule has 0 fully saturated rings. The Kier molecular flexibility index (Phi) is 7.34. The third-order valence-corrected chi connectivity index (χ3v) is 2.32. The fourth-order valence-corrected chi connectivity index (χ4v) is 1.46. The van der Waals surface area contributed by atoms with E-state index in [9.17, 15) is 19.2 Å². The second-order valence-corrected chi connectivity index (χ2v) is 3.96. The van der Waals surface area contributed by atoms with Crippen LogP contribution in [-0.4, -0.2) is 34.0 Å². The molecule has 0 saturated heterocycles. The Morgan fingerprint density at radius 1 is 0.750 bits per heavy atom. The molecule has 6 N–H and O–H groups in total. The third kappa shape index (κ3) is 7.64. The number of carboxylic acid groups (broad SMARTS) is 2. The minimum atomic E-state index is -1.25. The summed E-state index contributed by atoms with van der Waals surface area (Å²) >= 11 is 0. The summed E-state index contributed by atoms with van der Waals surface area (Å²) in [7, 11) is 0. The first kappa shape index (κ1) is 17.4. The predicted molar refractivity (Wildman–Crippen MR) is 68.3 cm³/mol. The second kappa shape index (κ2) is 8.46. The highest BCUT2D eigenvalue weighted by Gasteiger charge is 2.11. The highest BCUT2D eigenvalue weighted by atomic mass is 16.4. The van der Waals surface area contributed by atoms with Gasteiger partial charge in [-0.05, 0) is 25.7 Å². The molecule has 8 heteroatoms. The van der Waals surface area contributed by atoms with Crippen molar-refractivity contribution in [2.45, 2.75) is 25.7 Å². The molecule has 0 radical (unpaired) electrons. The molecule has 0 spiro atoms. The molecule has 8 nitrogen and oxygen atoms in total. The summed E-state index contributed by atoms with van der Waals surface area (Å²) in [5.74, 6) is -4.23. The van der Waals surface area contributed by atoms with Crippen LogP contribution in [0.5, 0.6) is 0 Å². The van der Waals surface area contributed by atoms with Crippen molar-refractivity contribution in [1.29, 1.82) is 0 Å². The summed E-state index contributed by atoms with van der Waals surface area (Å²) in [6, 6.07) is 0. The van der Waals surface area contributed by atoms with Crippen LogP contribution in [0.25, 0.3) is 0 Å². The van der Waals surface area contributed by atoms with Gasteiger partial charge in [-0.2, -0.15) is 0 Å². The van der Waals surface area contributed by atoms with E-state index in [1.165, 1.54) is 0 Å². The molecule has 0 aromatic carbocycles. The Bertz CT molecular complexity index is 434. The minimum Gasteiger partial charge on any atom is -0.478 e. The number of carbonyl (C=O) groups excluding carboxylic acids is 2. The average molecular weight is 284 g/mol. The van der Waals surface area contributed by atoms with Gasteiger partial charge in [0.2, 0.25) is 11.8 Å². The van der Waals surface area contributed by atoms with E-state index in [1.807, 2.05) is 0 Å². The van der Waals surface area contributed by atoms with Crippen LogP contribution in [0.15, 0.2) is 23.3 Å². The number of carboxylic acids is 2. The van der Waals surface area contributed by atoms with E-state index >= 15 is 0 Å². The molecule has 20 heavy (non-hydrogen) atoms. The maximum Gasteiger partial charge on any atom is 0.331 e. The fourth-order valence-electron chi connectivity index (χ4n) is 1.46. The van der Waals surface area contributed by atoms with Gasteiger partial charge in [0.25, 0.3) is 0 Å². The van der Waals surface area contributed by atoms with Crippen molar-refractivity contribution in [3.63, 3.8) is 0 Å². The topological polar surface area (TPSA) is 161 Å². The number of hydrogen-bond donors (Lipinski definition) is 4. The number of amides is 2. The number of carbonyl (C=O) groups is 4. The minimum absolute atomic E-state index is 0.0712. The van der Waals surface area contributed by atoms with E-state index in [1.54, 1.807) is 0 Å². The van der Waals surface area contributed by atoms with Gasteiger partial charge in [-0.15, -0.1) is 0 Å². The summed E-state index contributed by atoms with van der Waals surface area (Å²) < 4.78 is 0. The Morgan fingerprint density at radius 3 is 1.25 bits per heavy atom. The molecule has 0 saturated carbocycles.